The van der Waals surface area contributed by atoms with Gasteiger partial charge in [0.2, 0.25) is 11.8 Å². The van der Waals surface area contributed by atoms with Crippen molar-refractivity contribution in [2.24, 2.45) is 5.92 Å². The molecule has 1 aromatic heterocycles. The third-order valence-electron chi connectivity index (χ3n) is 3.19. The van der Waals surface area contributed by atoms with Crippen molar-refractivity contribution in [3.05, 3.63) is 29.3 Å². The van der Waals surface area contributed by atoms with Crippen molar-refractivity contribution in [1.82, 2.24) is 15.5 Å². The van der Waals surface area contributed by atoms with Gasteiger partial charge < -0.3 is 9.73 Å². The van der Waals surface area contributed by atoms with E-state index in [1.807, 2.05) is 25.1 Å². The Morgan fingerprint density at radius 1 is 1.27 bits per heavy atom. The lowest BCUT2D eigenvalue weighted by molar-refractivity contribution is -0.118. The molecule has 2 aromatic rings. The molecular weight excluding hydrogens is 298 g/mol. The number of benzene rings is 1. The third kappa shape index (κ3) is 4.59. The fourth-order valence-corrected chi connectivity index (χ4v) is 2.35. The van der Waals surface area contributed by atoms with Crippen LogP contribution in [0, 0.1) is 19.8 Å². The van der Waals surface area contributed by atoms with E-state index in [0.29, 0.717) is 23.6 Å². The zero-order valence-electron chi connectivity index (χ0n) is 13.3. The Labute approximate surface area is 134 Å². The molecule has 0 atom stereocenters. The standard InChI is InChI=1S/C16H21N3O2S/c1-10(2)8-17-14(20)9-22-16-19-18-15(21-16)13-6-5-11(3)12(4)7-13/h5-7,10H,8-9H2,1-4H3,(H,17,20). The Hall–Kier alpha value is -1.82. The van der Waals surface area contributed by atoms with E-state index >= 15 is 0 Å². The van der Waals surface area contributed by atoms with Crippen LogP contribution in [0.15, 0.2) is 27.8 Å². The van der Waals surface area contributed by atoms with Crippen molar-refractivity contribution < 1.29 is 9.21 Å². The van der Waals surface area contributed by atoms with Crippen molar-refractivity contribution in [3.8, 4) is 11.5 Å². The van der Waals surface area contributed by atoms with Crippen molar-refractivity contribution in [3.63, 3.8) is 0 Å². The monoisotopic (exact) mass is 319 g/mol. The van der Waals surface area contributed by atoms with Gasteiger partial charge >= 0.3 is 0 Å². The largest absolute Gasteiger partial charge is 0.411 e. The van der Waals surface area contributed by atoms with Gasteiger partial charge in [0.15, 0.2) is 0 Å². The number of carbonyl (C=O) groups is 1. The Bertz CT molecular complexity index is 653. The molecule has 118 valence electrons. The van der Waals surface area contributed by atoms with Gasteiger partial charge in [-0.25, -0.2) is 0 Å². The average molecular weight is 319 g/mol. The number of rotatable bonds is 6. The van der Waals surface area contributed by atoms with Crippen LogP contribution in [-0.4, -0.2) is 28.4 Å². The summed E-state index contributed by atoms with van der Waals surface area (Å²) in [7, 11) is 0. The summed E-state index contributed by atoms with van der Waals surface area (Å²) in [6.07, 6.45) is 0. The van der Waals surface area contributed by atoms with E-state index in [1.165, 1.54) is 22.9 Å². The zero-order chi connectivity index (χ0) is 16.1. The number of thioether (sulfide) groups is 1. The van der Waals surface area contributed by atoms with Gasteiger partial charge in [0.25, 0.3) is 5.22 Å². The van der Waals surface area contributed by atoms with E-state index in [0.717, 1.165) is 5.56 Å². The summed E-state index contributed by atoms with van der Waals surface area (Å²) in [6.45, 7) is 8.90. The topological polar surface area (TPSA) is 68.0 Å². The summed E-state index contributed by atoms with van der Waals surface area (Å²) in [5.41, 5.74) is 3.30. The van der Waals surface area contributed by atoms with Gasteiger partial charge in [-0.3, -0.25) is 4.79 Å². The lowest BCUT2D eigenvalue weighted by Crippen LogP contribution is -2.28. The molecule has 0 unspecified atom stereocenters. The van der Waals surface area contributed by atoms with Crippen LogP contribution in [0.1, 0.15) is 25.0 Å². The first-order valence-corrected chi connectivity index (χ1v) is 8.25. The first-order valence-electron chi connectivity index (χ1n) is 7.26. The van der Waals surface area contributed by atoms with E-state index in [9.17, 15) is 4.79 Å². The molecule has 0 radical (unpaired) electrons. The molecule has 6 heteroatoms. The Morgan fingerprint density at radius 2 is 2.05 bits per heavy atom. The van der Waals surface area contributed by atoms with Crippen LogP contribution in [0.4, 0.5) is 0 Å². The van der Waals surface area contributed by atoms with Crippen LogP contribution >= 0.6 is 11.8 Å². The van der Waals surface area contributed by atoms with Gasteiger partial charge in [0.05, 0.1) is 5.75 Å². The molecule has 0 saturated heterocycles. The van der Waals surface area contributed by atoms with Gasteiger partial charge in [-0.15, -0.1) is 10.2 Å². The van der Waals surface area contributed by atoms with Crippen LogP contribution in [0.25, 0.3) is 11.5 Å². The van der Waals surface area contributed by atoms with E-state index in [1.54, 1.807) is 0 Å². The minimum absolute atomic E-state index is 0.0235. The molecule has 0 aliphatic carbocycles. The van der Waals surface area contributed by atoms with Gasteiger partial charge in [0, 0.05) is 12.1 Å². The zero-order valence-corrected chi connectivity index (χ0v) is 14.2. The number of hydrogen-bond donors (Lipinski definition) is 1. The highest BCUT2D eigenvalue weighted by molar-refractivity contribution is 7.99. The minimum Gasteiger partial charge on any atom is -0.411 e. The second-order valence-corrected chi connectivity index (χ2v) is 6.59. The smallest absolute Gasteiger partial charge is 0.277 e. The molecule has 22 heavy (non-hydrogen) atoms. The highest BCUT2D eigenvalue weighted by Gasteiger charge is 2.11. The first kappa shape index (κ1) is 16.5. The maximum atomic E-state index is 11.7. The van der Waals surface area contributed by atoms with E-state index < -0.39 is 0 Å². The van der Waals surface area contributed by atoms with Gasteiger partial charge in [0.1, 0.15) is 0 Å². The van der Waals surface area contributed by atoms with Crippen molar-refractivity contribution in [1.29, 1.82) is 0 Å². The van der Waals surface area contributed by atoms with Crippen molar-refractivity contribution in [2.75, 3.05) is 12.3 Å². The van der Waals surface area contributed by atoms with Crippen LogP contribution in [-0.2, 0) is 4.79 Å². The molecule has 0 aliphatic rings. The van der Waals surface area contributed by atoms with E-state index in [4.69, 9.17) is 4.42 Å². The predicted molar refractivity (Wildman–Crippen MR) is 87.8 cm³/mol. The number of carbonyl (C=O) groups excluding carboxylic acids is 1. The molecule has 0 aliphatic heterocycles. The van der Waals surface area contributed by atoms with Crippen molar-refractivity contribution in [2.45, 2.75) is 32.9 Å². The van der Waals surface area contributed by atoms with Crippen molar-refractivity contribution >= 4 is 17.7 Å². The van der Waals surface area contributed by atoms with Crippen LogP contribution in [0.5, 0.6) is 0 Å². The Balaban J connectivity index is 1.94. The molecule has 2 rings (SSSR count). The molecule has 1 amide bonds. The average Bonchev–Trinajstić information content (AvgIpc) is 2.94. The lowest BCUT2D eigenvalue weighted by Gasteiger charge is -2.05. The summed E-state index contributed by atoms with van der Waals surface area (Å²) >= 11 is 1.25. The number of hydrogen-bond acceptors (Lipinski definition) is 5. The normalized spacial score (nSPS) is 11.0. The fraction of sp³-hybridized carbons (Fsp3) is 0.438. The summed E-state index contributed by atoms with van der Waals surface area (Å²) < 4.78 is 5.60. The summed E-state index contributed by atoms with van der Waals surface area (Å²) in [5.74, 6) is 1.17. The molecule has 1 aromatic carbocycles. The fourth-order valence-electron chi connectivity index (χ4n) is 1.76. The molecule has 1 N–H and O–H groups in total. The highest BCUT2D eigenvalue weighted by atomic mass is 32.2. The summed E-state index contributed by atoms with van der Waals surface area (Å²) in [4.78, 5) is 11.7. The molecule has 0 spiro atoms. The highest BCUT2D eigenvalue weighted by Crippen LogP contribution is 2.24. The van der Waals surface area contributed by atoms with Crippen LogP contribution in [0.3, 0.4) is 0 Å². The number of amides is 1. The number of aromatic nitrogens is 2. The molecule has 0 saturated carbocycles. The van der Waals surface area contributed by atoms with Crippen LogP contribution in [0.2, 0.25) is 0 Å². The van der Waals surface area contributed by atoms with Crippen LogP contribution < -0.4 is 5.32 Å². The second kappa shape index (κ2) is 7.45. The predicted octanol–water partition coefficient (Wildman–Crippen LogP) is 3.22. The summed E-state index contributed by atoms with van der Waals surface area (Å²) in [5, 5.41) is 11.3. The second-order valence-electron chi connectivity index (χ2n) is 5.66. The van der Waals surface area contributed by atoms with E-state index in [-0.39, 0.29) is 11.7 Å². The SMILES string of the molecule is Cc1ccc(-c2nnc(SCC(=O)NCC(C)C)o2)cc1C. The third-order valence-corrected chi connectivity index (χ3v) is 4.01. The van der Waals surface area contributed by atoms with Gasteiger partial charge in [-0.1, -0.05) is 31.7 Å². The number of aryl methyl sites for hydroxylation is 2. The van der Waals surface area contributed by atoms with Gasteiger partial charge in [-0.05, 0) is 43.0 Å². The molecule has 0 bridgehead atoms. The number of nitrogens with zero attached hydrogens (tertiary/aromatic N) is 2. The molecular formula is C16H21N3O2S. The van der Waals surface area contributed by atoms with E-state index in [2.05, 4.69) is 36.3 Å². The maximum Gasteiger partial charge on any atom is 0.277 e. The number of nitrogens with one attached hydrogen (secondary N) is 1. The molecule has 0 fully saturated rings. The molecule has 1 heterocycles. The lowest BCUT2D eigenvalue weighted by atomic mass is 10.1. The first-order chi connectivity index (χ1) is 10.5. The Morgan fingerprint density at radius 3 is 2.73 bits per heavy atom. The van der Waals surface area contributed by atoms with Gasteiger partial charge in [-0.2, -0.15) is 0 Å². The maximum absolute atomic E-state index is 11.7. The Kier molecular flexibility index (Phi) is 5.60. The summed E-state index contributed by atoms with van der Waals surface area (Å²) in [6, 6.07) is 6.01. The quantitative estimate of drug-likeness (QED) is 0.828. The minimum atomic E-state index is -0.0235. The molecule has 5 nitrogen and oxygen atoms in total.